The Morgan fingerprint density at radius 1 is 1.17 bits per heavy atom. The SMILES string of the molecule is CN(C)c1cc(CCNCC(F)(F)F)c(O)c2c1C[C@H]1C[C@H]3[C@H](N(C)C)C(=O)C(C(N)=O)=C(O)[C@@]3(O)C(=O)C1=C2O. The number of benzene rings is 1. The molecule has 1 aromatic rings. The molecule has 1 fully saturated rings. The largest absolute Gasteiger partial charge is 0.508 e. The van der Waals surface area contributed by atoms with Crippen molar-refractivity contribution in [1.82, 2.24) is 10.2 Å². The van der Waals surface area contributed by atoms with Crippen LogP contribution in [0.5, 0.6) is 5.75 Å². The standard InChI is InChI=1S/C27H33F3N4O7/c1-33(2)15-9-11(5-6-32-10-26(28,29)30)20(35)17-13(15)7-12-8-14-19(34(3)4)22(37)18(25(31)40)24(39)27(14,41)23(38)16(12)21(17)36/h9,12,14,19,32,35-36,39,41H,5-8,10H2,1-4H3,(H2,31,40)/t12-,14-,19-,27-/m0/s1. The number of phenolic OH excluding ortho intramolecular Hbond substituents is 1. The minimum Gasteiger partial charge on any atom is -0.508 e. The van der Waals surface area contributed by atoms with Gasteiger partial charge in [0.2, 0.25) is 5.78 Å². The van der Waals surface area contributed by atoms with Crippen molar-refractivity contribution in [1.29, 1.82) is 0 Å². The number of aromatic hydroxyl groups is 1. The highest BCUT2D eigenvalue weighted by Crippen LogP contribution is 2.54. The second kappa shape index (κ2) is 10.3. The third-order valence-corrected chi connectivity index (χ3v) is 8.15. The van der Waals surface area contributed by atoms with Crippen LogP contribution in [0.3, 0.4) is 0 Å². The van der Waals surface area contributed by atoms with E-state index in [-0.39, 0.29) is 42.5 Å². The third-order valence-electron chi connectivity index (χ3n) is 8.15. The van der Waals surface area contributed by atoms with E-state index in [1.807, 2.05) is 0 Å². The van der Waals surface area contributed by atoms with Crippen molar-refractivity contribution in [3.05, 3.63) is 39.7 Å². The van der Waals surface area contributed by atoms with Crippen LogP contribution >= 0.6 is 0 Å². The molecule has 0 heterocycles. The zero-order chi connectivity index (χ0) is 30.8. The number of halogens is 3. The van der Waals surface area contributed by atoms with Crippen LogP contribution in [0.2, 0.25) is 0 Å². The number of nitrogens with two attached hydrogens (primary N) is 1. The summed E-state index contributed by atoms with van der Waals surface area (Å²) in [5.74, 6) is -7.53. The highest BCUT2D eigenvalue weighted by molar-refractivity contribution is 6.24. The first-order valence-corrected chi connectivity index (χ1v) is 12.9. The average Bonchev–Trinajstić information content (AvgIpc) is 2.83. The predicted octanol–water partition coefficient (Wildman–Crippen LogP) is 0.724. The van der Waals surface area contributed by atoms with Crippen LogP contribution in [0, 0.1) is 11.8 Å². The van der Waals surface area contributed by atoms with Gasteiger partial charge in [-0.05, 0) is 63.0 Å². The molecule has 7 N–H and O–H groups in total. The number of alkyl halides is 3. The van der Waals surface area contributed by atoms with Crippen molar-refractivity contribution >= 4 is 28.9 Å². The molecule has 3 aliphatic rings. The summed E-state index contributed by atoms with van der Waals surface area (Å²) in [6.45, 7) is -1.38. The Labute approximate surface area is 233 Å². The number of phenols is 1. The molecule has 224 valence electrons. The molecule has 1 amide bonds. The van der Waals surface area contributed by atoms with Gasteiger partial charge < -0.3 is 36.4 Å². The second-order valence-electron chi connectivity index (χ2n) is 11.2. The first kappa shape index (κ1) is 30.3. The van der Waals surface area contributed by atoms with Gasteiger partial charge in [-0.2, -0.15) is 13.2 Å². The number of fused-ring (bicyclic) bond motifs is 3. The summed E-state index contributed by atoms with van der Waals surface area (Å²) in [7, 11) is 6.44. The van der Waals surface area contributed by atoms with Crippen molar-refractivity contribution in [3.63, 3.8) is 0 Å². The normalized spacial score (nSPS) is 26.2. The molecule has 14 heteroatoms. The molecule has 4 rings (SSSR count). The maximum Gasteiger partial charge on any atom is 0.401 e. The number of amides is 1. The summed E-state index contributed by atoms with van der Waals surface area (Å²) in [6, 6.07) is 0.407. The topological polar surface area (TPSA) is 177 Å². The van der Waals surface area contributed by atoms with Gasteiger partial charge in [0.15, 0.2) is 11.4 Å². The Balaban J connectivity index is 1.87. The number of nitrogens with one attached hydrogen (secondary N) is 1. The molecule has 0 unspecified atom stereocenters. The molecule has 0 spiro atoms. The third kappa shape index (κ3) is 4.83. The van der Waals surface area contributed by atoms with E-state index in [9.17, 15) is 48.0 Å². The van der Waals surface area contributed by atoms with Crippen LogP contribution in [0.25, 0.3) is 5.76 Å². The smallest absolute Gasteiger partial charge is 0.401 e. The van der Waals surface area contributed by atoms with Gasteiger partial charge >= 0.3 is 6.18 Å². The maximum atomic E-state index is 14.0. The molecule has 0 bridgehead atoms. The van der Waals surface area contributed by atoms with Crippen LogP contribution in [-0.2, 0) is 27.2 Å². The van der Waals surface area contributed by atoms with E-state index < -0.39 is 76.5 Å². The highest BCUT2D eigenvalue weighted by Gasteiger charge is 2.64. The molecule has 1 saturated carbocycles. The number of anilines is 1. The van der Waals surface area contributed by atoms with Gasteiger partial charge in [-0.25, -0.2) is 0 Å². The quantitative estimate of drug-likeness (QED) is 0.198. The van der Waals surface area contributed by atoms with Crippen LogP contribution in [0.4, 0.5) is 18.9 Å². The van der Waals surface area contributed by atoms with Crippen LogP contribution < -0.4 is 16.0 Å². The fourth-order valence-corrected chi connectivity index (χ4v) is 6.39. The summed E-state index contributed by atoms with van der Waals surface area (Å²) in [5.41, 5.74) is 2.47. The fourth-order valence-electron chi connectivity index (χ4n) is 6.39. The zero-order valence-corrected chi connectivity index (χ0v) is 23.0. The van der Waals surface area contributed by atoms with Gasteiger partial charge in [0.05, 0.1) is 18.2 Å². The first-order chi connectivity index (χ1) is 18.9. The van der Waals surface area contributed by atoms with Crippen LogP contribution in [-0.4, -0.2) is 102 Å². The molecule has 0 radical (unpaired) electrons. The molecule has 0 aliphatic heterocycles. The molecular weight excluding hydrogens is 549 g/mol. The Morgan fingerprint density at radius 2 is 1.80 bits per heavy atom. The molecule has 1 aromatic carbocycles. The van der Waals surface area contributed by atoms with Gasteiger partial charge in [-0.1, -0.05) is 0 Å². The number of carbonyl (C=O) groups is 3. The zero-order valence-electron chi connectivity index (χ0n) is 23.0. The number of hydrogen-bond acceptors (Lipinski definition) is 10. The van der Waals surface area contributed by atoms with E-state index in [4.69, 9.17) is 5.73 Å². The van der Waals surface area contributed by atoms with Crippen LogP contribution in [0.15, 0.2) is 23.0 Å². The van der Waals surface area contributed by atoms with Gasteiger partial charge in [0.1, 0.15) is 22.8 Å². The summed E-state index contributed by atoms with van der Waals surface area (Å²) >= 11 is 0. The lowest BCUT2D eigenvalue weighted by molar-refractivity contribution is -0.153. The van der Waals surface area contributed by atoms with Gasteiger partial charge in [-0.15, -0.1) is 0 Å². The number of rotatable bonds is 7. The van der Waals surface area contributed by atoms with E-state index in [0.717, 1.165) is 0 Å². The number of aliphatic hydroxyl groups is 3. The molecular formula is C27H33F3N4O7. The number of Topliss-reactive ketones (excluding diaryl/α,β-unsaturated/α-hetero) is 2. The Morgan fingerprint density at radius 3 is 2.34 bits per heavy atom. The van der Waals surface area contributed by atoms with Gasteiger partial charge in [-0.3, -0.25) is 19.3 Å². The lowest BCUT2D eigenvalue weighted by Crippen LogP contribution is -2.65. The molecule has 0 aromatic heterocycles. The molecule has 3 aliphatic carbocycles. The number of aliphatic hydroxyl groups excluding tert-OH is 2. The number of carbonyl (C=O) groups excluding carboxylic acids is 3. The maximum absolute atomic E-state index is 14.0. The number of likely N-dealkylation sites (N-methyl/N-ethyl adjacent to an activating group) is 1. The molecule has 41 heavy (non-hydrogen) atoms. The number of nitrogens with zero attached hydrogens (tertiary/aromatic N) is 2. The monoisotopic (exact) mass is 582 g/mol. The average molecular weight is 583 g/mol. The van der Waals surface area contributed by atoms with E-state index in [0.29, 0.717) is 11.3 Å². The number of hydrogen-bond donors (Lipinski definition) is 6. The highest BCUT2D eigenvalue weighted by atomic mass is 19.4. The van der Waals surface area contributed by atoms with Gasteiger partial charge in [0, 0.05) is 31.3 Å². The molecule has 4 atom stereocenters. The van der Waals surface area contributed by atoms with E-state index in [1.165, 1.54) is 19.0 Å². The van der Waals surface area contributed by atoms with Gasteiger partial charge in [0.25, 0.3) is 5.91 Å². The minimum absolute atomic E-state index is 0.0415. The van der Waals surface area contributed by atoms with Crippen molar-refractivity contribution in [3.8, 4) is 5.75 Å². The summed E-state index contributed by atoms with van der Waals surface area (Å²) in [5, 5.41) is 47.5. The van der Waals surface area contributed by atoms with E-state index in [2.05, 4.69) is 5.32 Å². The molecule has 0 saturated heterocycles. The summed E-state index contributed by atoms with van der Waals surface area (Å²) in [6.07, 6.45) is -4.42. The van der Waals surface area contributed by atoms with Crippen molar-refractivity contribution < 1.29 is 48.0 Å². The van der Waals surface area contributed by atoms with Crippen molar-refractivity contribution in [2.24, 2.45) is 17.6 Å². The van der Waals surface area contributed by atoms with E-state index >= 15 is 0 Å². The Kier molecular flexibility index (Phi) is 7.65. The van der Waals surface area contributed by atoms with Crippen molar-refractivity contribution in [2.75, 3.05) is 46.2 Å². The number of ketones is 2. The molecule has 11 nitrogen and oxygen atoms in total. The lowest BCUT2D eigenvalue weighted by atomic mass is 9.57. The first-order valence-electron chi connectivity index (χ1n) is 12.9. The lowest BCUT2D eigenvalue weighted by Gasteiger charge is -2.50. The van der Waals surface area contributed by atoms with E-state index in [1.54, 1.807) is 25.1 Å². The Hall–Kier alpha value is -3.62. The summed E-state index contributed by atoms with van der Waals surface area (Å²) in [4.78, 5) is 42.4. The summed E-state index contributed by atoms with van der Waals surface area (Å²) < 4.78 is 37.7. The fraction of sp³-hybridized carbons (Fsp3) is 0.519. The number of primary amides is 1. The van der Waals surface area contributed by atoms with Crippen LogP contribution in [0.1, 0.15) is 23.1 Å². The predicted molar refractivity (Wildman–Crippen MR) is 141 cm³/mol. The minimum atomic E-state index is -4.42. The van der Waals surface area contributed by atoms with Crippen molar-refractivity contribution in [2.45, 2.75) is 37.1 Å². The second-order valence-corrected chi connectivity index (χ2v) is 11.2. The Bertz CT molecular complexity index is 1390.